The van der Waals surface area contributed by atoms with E-state index >= 15 is 0 Å². The fourth-order valence-corrected chi connectivity index (χ4v) is 2.88. The van der Waals surface area contributed by atoms with Crippen molar-refractivity contribution in [2.75, 3.05) is 0 Å². The van der Waals surface area contributed by atoms with Crippen molar-refractivity contribution in [3.63, 3.8) is 0 Å². The van der Waals surface area contributed by atoms with E-state index in [1.54, 1.807) is 6.92 Å². The van der Waals surface area contributed by atoms with Crippen LogP contribution in [0.5, 0.6) is 0 Å². The first kappa shape index (κ1) is 14.5. The smallest absolute Gasteiger partial charge is 0.309 e. The van der Waals surface area contributed by atoms with Gasteiger partial charge in [-0.2, -0.15) is 0 Å². The summed E-state index contributed by atoms with van der Waals surface area (Å²) in [6, 6.07) is 0. The van der Waals surface area contributed by atoms with Crippen LogP contribution in [0, 0.1) is 17.3 Å². The first-order chi connectivity index (χ1) is 8.29. The third-order valence-corrected chi connectivity index (χ3v) is 3.99. The average molecular weight is 258 g/mol. The molecule has 1 aliphatic rings. The van der Waals surface area contributed by atoms with Gasteiger partial charge in [0, 0.05) is 6.42 Å². The Morgan fingerprint density at radius 3 is 2.33 bits per heavy atom. The third kappa shape index (κ3) is 2.80. The van der Waals surface area contributed by atoms with Gasteiger partial charge in [0.1, 0.15) is 0 Å². The Labute approximate surface area is 105 Å². The van der Waals surface area contributed by atoms with E-state index in [9.17, 15) is 24.6 Å². The average Bonchev–Trinajstić information content (AvgIpc) is 2.62. The summed E-state index contributed by atoms with van der Waals surface area (Å²) < 4.78 is 0. The van der Waals surface area contributed by atoms with Crippen LogP contribution in [0.2, 0.25) is 0 Å². The maximum atomic E-state index is 11.3. The molecule has 3 atom stereocenters. The van der Waals surface area contributed by atoms with E-state index in [1.807, 2.05) is 0 Å². The molecule has 0 bridgehead atoms. The molecular weight excluding hydrogens is 240 g/mol. The summed E-state index contributed by atoms with van der Waals surface area (Å²) in [7, 11) is 0. The molecule has 1 aliphatic carbocycles. The van der Waals surface area contributed by atoms with Crippen molar-refractivity contribution in [3.05, 3.63) is 0 Å². The molecule has 0 unspecified atom stereocenters. The third-order valence-electron chi connectivity index (χ3n) is 3.99. The first-order valence-electron chi connectivity index (χ1n) is 5.97. The summed E-state index contributed by atoms with van der Waals surface area (Å²) in [5.74, 6) is -4.55. The van der Waals surface area contributed by atoms with Gasteiger partial charge in [0.25, 0.3) is 0 Å². The normalized spacial score (nSPS) is 28.8. The second-order valence-electron chi connectivity index (χ2n) is 5.10. The lowest BCUT2D eigenvalue weighted by atomic mass is 9.71. The molecule has 0 aromatic heterocycles. The summed E-state index contributed by atoms with van der Waals surface area (Å²) in [6.45, 7) is 1.56. The van der Waals surface area contributed by atoms with E-state index in [0.717, 1.165) is 0 Å². The van der Waals surface area contributed by atoms with Crippen molar-refractivity contribution in [2.45, 2.75) is 39.0 Å². The van der Waals surface area contributed by atoms with Crippen LogP contribution in [0.1, 0.15) is 39.0 Å². The van der Waals surface area contributed by atoms with Crippen molar-refractivity contribution in [1.82, 2.24) is 0 Å². The van der Waals surface area contributed by atoms with Gasteiger partial charge in [-0.05, 0) is 32.1 Å². The Morgan fingerprint density at radius 2 is 1.89 bits per heavy atom. The van der Waals surface area contributed by atoms with Crippen LogP contribution in [0.15, 0.2) is 0 Å². The zero-order chi connectivity index (χ0) is 13.9. The second kappa shape index (κ2) is 5.37. The summed E-state index contributed by atoms with van der Waals surface area (Å²) in [4.78, 5) is 33.0. The molecule has 102 valence electrons. The molecule has 0 saturated heterocycles. The molecule has 0 heterocycles. The molecule has 0 amide bonds. The van der Waals surface area contributed by atoms with Crippen molar-refractivity contribution in [2.24, 2.45) is 17.3 Å². The fourth-order valence-electron chi connectivity index (χ4n) is 2.88. The van der Waals surface area contributed by atoms with Crippen LogP contribution in [0.25, 0.3) is 0 Å². The molecule has 1 rings (SSSR count). The van der Waals surface area contributed by atoms with Gasteiger partial charge in [0.05, 0.1) is 11.3 Å². The minimum atomic E-state index is -1.10. The maximum Gasteiger partial charge on any atom is 0.309 e. The van der Waals surface area contributed by atoms with Crippen molar-refractivity contribution >= 4 is 17.9 Å². The number of hydrogen-bond acceptors (Lipinski definition) is 3. The van der Waals surface area contributed by atoms with Gasteiger partial charge < -0.3 is 15.3 Å². The molecule has 0 spiro atoms. The minimum Gasteiger partial charge on any atom is -0.481 e. The molecular formula is C12H18O6. The predicted molar refractivity (Wildman–Crippen MR) is 61.1 cm³/mol. The van der Waals surface area contributed by atoms with Crippen molar-refractivity contribution < 1.29 is 29.7 Å². The lowest BCUT2D eigenvalue weighted by molar-refractivity contribution is -0.155. The van der Waals surface area contributed by atoms with Gasteiger partial charge in [0.2, 0.25) is 0 Å². The Bertz CT molecular complexity index is 364. The number of carbonyl (C=O) groups is 3. The summed E-state index contributed by atoms with van der Waals surface area (Å²) in [5.41, 5.74) is -1.05. The summed E-state index contributed by atoms with van der Waals surface area (Å²) in [6.07, 6.45) is 1.38. The van der Waals surface area contributed by atoms with Gasteiger partial charge in [-0.25, -0.2) is 0 Å². The van der Waals surface area contributed by atoms with Gasteiger partial charge in [-0.1, -0.05) is 6.42 Å². The molecule has 6 nitrogen and oxygen atoms in total. The van der Waals surface area contributed by atoms with E-state index in [2.05, 4.69) is 0 Å². The highest BCUT2D eigenvalue weighted by molar-refractivity contribution is 5.78. The number of aliphatic carboxylic acids is 3. The van der Waals surface area contributed by atoms with E-state index in [4.69, 9.17) is 5.11 Å². The second-order valence-corrected chi connectivity index (χ2v) is 5.10. The zero-order valence-electron chi connectivity index (χ0n) is 10.3. The standard InChI is InChI=1S/C12H18O6/c1-12(11(17)18)6-2-3-8(12)7(10(15)16)4-5-9(13)14/h7-8H,2-6H2,1H3,(H,13,14)(H,15,16)(H,17,18)/t7-,8-,12-/m1/s1. The van der Waals surface area contributed by atoms with Crippen LogP contribution in [0.4, 0.5) is 0 Å². The molecule has 1 fully saturated rings. The minimum absolute atomic E-state index is 0.0157. The van der Waals surface area contributed by atoms with E-state index in [1.165, 1.54) is 0 Å². The van der Waals surface area contributed by atoms with Crippen LogP contribution < -0.4 is 0 Å². The van der Waals surface area contributed by atoms with E-state index in [0.29, 0.717) is 19.3 Å². The summed E-state index contributed by atoms with van der Waals surface area (Å²) >= 11 is 0. The number of rotatable bonds is 6. The number of hydrogen-bond donors (Lipinski definition) is 3. The Kier molecular flexibility index (Phi) is 4.32. The highest BCUT2D eigenvalue weighted by Crippen LogP contribution is 2.48. The Hall–Kier alpha value is -1.59. The molecule has 3 N–H and O–H groups in total. The lowest BCUT2D eigenvalue weighted by Crippen LogP contribution is -2.38. The predicted octanol–water partition coefficient (Wildman–Crippen LogP) is 1.44. The van der Waals surface area contributed by atoms with E-state index in [-0.39, 0.29) is 12.8 Å². The van der Waals surface area contributed by atoms with Crippen molar-refractivity contribution in [3.8, 4) is 0 Å². The molecule has 0 aromatic rings. The maximum absolute atomic E-state index is 11.3. The van der Waals surface area contributed by atoms with E-state index < -0.39 is 35.2 Å². The Morgan fingerprint density at radius 1 is 1.28 bits per heavy atom. The molecule has 0 aromatic carbocycles. The quantitative estimate of drug-likeness (QED) is 0.664. The monoisotopic (exact) mass is 258 g/mol. The molecule has 0 aliphatic heterocycles. The molecule has 18 heavy (non-hydrogen) atoms. The Balaban J connectivity index is 2.88. The largest absolute Gasteiger partial charge is 0.481 e. The number of carboxylic acids is 3. The molecule has 6 heteroatoms. The fraction of sp³-hybridized carbons (Fsp3) is 0.750. The molecule has 1 saturated carbocycles. The summed E-state index contributed by atoms with van der Waals surface area (Å²) in [5, 5.41) is 27.0. The SMILES string of the molecule is C[C@@]1(C(=O)O)CCC[C@@H]1[C@@H](CCC(=O)O)C(=O)O. The van der Waals surface area contributed by atoms with Gasteiger partial charge in [-0.3, -0.25) is 14.4 Å². The van der Waals surface area contributed by atoms with Gasteiger partial charge in [0.15, 0.2) is 0 Å². The van der Waals surface area contributed by atoms with Crippen LogP contribution in [0.3, 0.4) is 0 Å². The topological polar surface area (TPSA) is 112 Å². The van der Waals surface area contributed by atoms with Crippen LogP contribution in [-0.2, 0) is 14.4 Å². The zero-order valence-corrected chi connectivity index (χ0v) is 10.3. The highest BCUT2D eigenvalue weighted by Gasteiger charge is 2.50. The first-order valence-corrected chi connectivity index (χ1v) is 5.97. The molecule has 0 radical (unpaired) electrons. The van der Waals surface area contributed by atoms with Crippen molar-refractivity contribution in [1.29, 1.82) is 0 Å². The van der Waals surface area contributed by atoms with Gasteiger partial charge >= 0.3 is 17.9 Å². The van der Waals surface area contributed by atoms with Crippen LogP contribution >= 0.6 is 0 Å². The highest BCUT2D eigenvalue weighted by atomic mass is 16.4. The lowest BCUT2D eigenvalue weighted by Gasteiger charge is -2.31. The number of carboxylic acid groups (broad SMARTS) is 3. The van der Waals surface area contributed by atoms with Gasteiger partial charge in [-0.15, -0.1) is 0 Å². The van der Waals surface area contributed by atoms with Crippen LogP contribution in [-0.4, -0.2) is 33.2 Å².